The highest BCUT2D eigenvalue weighted by Crippen LogP contribution is 2.21. The number of carbonyl (C=O) groups is 1. The smallest absolute Gasteiger partial charge is 0.240 e. The van der Waals surface area contributed by atoms with Crippen molar-refractivity contribution in [1.82, 2.24) is 25.0 Å². The van der Waals surface area contributed by atoms with Gasteiger partial charge in [-0.05, 0) is 73.9 Å². The third-order valence-corrected chi connectivity index (χ3v) is 6.32. The van der Waals surface area contributed by atoms with Crippen molar-refractivity contribution >= 4 is 29.7 Å². The molecule has 2 N–H and O–H groups in total. The van der Waals surface area contributed by atoms with E-state index < -0.39 is 0 Å². The molecule has 0 atom stereocenters. The molecule has 1 aliphatic rings. The van der Waals surface area contributed by atoms with E-state index in [0.717, 1.165) is 48.8 Å². The molecule has 2 heterocycles. The molecule has 1 saturated heterocycles. The van der Waals surface area contributed by atoms with E-state index in [2.05, 4.69) is 32.5 Å². The number of halogens is 1. The van der Waals surface area contributed by atoms with Gasteiger partial charge in [0.1, 0.15) is 12.3 Å². The second-order valence-electron chi connectivity index (χ2n) is 8.14. The summed E-state index contributed by atoms with van der Waals surface area (Å²) >= 11 is 11.3. The Morgan fingerprint density at radius 3 is 2.55 bits per heavy atom. The van der Waals surface area contributed by atoms with Crippen molar-refractivity contribution in [3.63, 3.8) is 0 Å². The zero-order chi connectivity index (χ0) is 23.2. The summed E-state index contributed by atoms with van der Waals surface area (Å²) in [5, 5.41) is 11.1. The molecule has 0 saturated carbocycles. The fraction of sp³-hybridized carbons (Fsp3) is 0.375. The number of amides is 1. The molecule has 1 fully saturated rings. The molecular weight excluding hydrogens is 458 g/mol. The van der Waals surface area contributed by atoms with Gasteiger partial charge in [-0.3, -0.25) is 19.4 Å². The molecule has 0 spiro atoms. The highest BCUT2D eigenvalue weighted by molar-refractivity contribution is 7.71. The summed E-state index contributed by atoms with van der Waals surface area (Å²) in [4.78, 5) is 15.2. The molecule has 1 amide bonds. The summed E-state index contributed by atoms with van der Waals surface area (Å²) in [6.07, 6.45) is 1.84. The van der Waals surface area contributed by atoms with E-state index in [1.54, 1.807) is 4.57 Å². The number of nitrogens with one attached hydrogen (secondary N) is 2. The van der Waals surface area contributed by atoms with Crippen LogP contribution in [0.1, 0.15) is 25.3 Å². The number of benzene rings is 2. The lowest BCUT2D eigenvalue weighted by atomic mass is 10.0. The first kappa shape index (κ1) is 23.5. The van der Waals surface area contributed by atoms with Gasteiger partial charge in [0.2, 0.25) is 5.91 Å². The minimum atomic E-state index is -0.0594. The number of carbonyl (C=O) groups excluding carboxylic acids is 1. The maximum atomic E-state index is 12.8. The van der Waals surface area contributed by atoms with Crippen molar-refractivity contribution in [2.75, 3.05) is 19.7 Å². The fourth-order valence-corrected chi connectivity index (χ4v) is 4.37. The van der Waals surface area contributed by atoms with Crippen LogP contribution in [0.2, 0.25) is 5.02 Å². The Kier molecular flexibility index (Phi) is 7.80. The number of aromatic amines is 1. The van der Waals surface area contributed by atoms with E-state index in [1.165, 1.54) is 5.56 Å². The fourth-order valence-electron chi connectivity index (χ4n) is 4.05. The molecule has 1 aliphatic heterocycles. The monoisotopic (exact) mass is 485 g/mol. The van der Waals surface area contributed by atoms with Crippen LogP contribution in [-0.2, 0) is 17.9 Å². The van der Waals surface area contributed by atoms with Crippen LogP contribution in [0.25, 0.3) is 11.4 Å². The normalized spacial score (nSPS) is 14.8. The van der Waals surface area contributed by atoms with Crippen molar-refractivity contribution in [1.29, 1.82) is 0 Å². The molecular formula is C24H28ClN5O2S. The first-order chi connectivity index (χ1) is 16.0. The van der Waals surface area contributed by atoms with Crippen LogP contribution in [0.4, 0.5) is 0 Å². The summed E-state index contributed by atoms with van der Waals surface area (Å²) in [5.74, 6) is 1.37. The van der Waals surface area contributed by atoms with Crippen LogP contribution in [0.5, 0.6) is 5.75 Å². The predicted octanol–water partition coefficient (Wildman–Crippen LogP) is 4.44. The number of aromatic nitrogens is 3. The number of nitrogens with zero attached hydrogens (tertiary/aromatic N) is 3. The minimum absolute atomic E-state index is 0.0594. The van der Waals surface area contributed by atoms with E-state index in [4.69, 9.17) is 28.6 Å². The Morgan fingerprint density at radius 1 is 1.18 bits per heavy atom. The molecule has 0 bridgehead atoms. The number of piperidine rings is 1. The maximum absolute atomic E-state index is 12.8. The Hall–Kier alpha value is -2.68. The number of rotatable bonds is 8. The summed E-state index contributed by atoms with van der Waals surface area (Å²) in [5.41, 5.74) is 2.12. The topological polar surface area (TPSA) is 75.2 Å². The number of hydrogen-bond donors (Lipinski definition) is 2. The molecule has 174 valence electrons. The van der Waals surface area contributed by atoms with Crippen LogP contribution in [0.3, 0.4) is 0 Å². The Labute approximate surface area is 203 Å². The summed E-state index contributed by atoms with van der Waals surface area (Å²) in [7, 11) is 0. The molecule has 7 nitrogen and oxygen atoms in total. The zero-order valence-corrected chi connectivity index (χ0v) is 20.2. The van der Waals surface area contributed by atoms with Gasteiger partial charge in [-0.15, -0.1) is 0 Å². The van der Waals surface area contributed by atoms with Gasteiger partial charge in [0.15, 0.2) is 10.6 Å². The molecule has 0 unspecified atom stereocenters. The average Bonchev–Trinajstić information content (AvgIpc) is 3.17. The quantitative estimate of drug-likeness (QED) is 0.461. The molecule has 33 heavy (non-hydrogen) atoms. The van der Waals surface area contributed by atoms with Crippen molar-refractivity contribution in [2.45, 2.75) is 38.9 Å². The molecule has 9 heteroatoms. The number of ether oxygens (including phenoxy) is 1. The average molecular weight is 486 g/mol. The first-order valence-corrected chi connectivity index (χ1v) is 11.9. The maximum Gasteiger partial charge on any atom is 0.240 e. The third kappa shape index (κ3) is 6.22. The van der Waals surface area contributed by atoms with E-state index in [9.17, 15) is 4.79 Å². The van der Waals surface area contributed by atoms with Crippen molar-refractivity contribution < 1.29 is 9.53 Å². The van der Waals surface area contributed by atoms with Crippen LogP contribution >= 0.6 is 23.8 Å². The Balaban J connectivity index is 1.31. The van der Waals surface area contributed by atoms with E-state index in [1.807, 2.05) is 43.3 Å². The predicted molar refractivity (Wildman–Crippen MR) is 132 cm³/mol. The lowest BCUT2D eigenvalue weighted by molar-refractivity contribution is -0.122. The molecule has 4 rings (SSSR count). The highest BCUT2D eigenvalue weighted by atomic mass is 35.5. The van der Waals surface area contributed by atoms with Gasteiger partial charge in [-0.25, -0.2) is 0 Å². The molecule has 3 aromatic rings. The first-order valence-electron chi connectivity index (χ1n) is 11.2. The van der Waals surface area contributed by atoms with Gasteiger partial charge in [0.25, 0.3) is 0 Å². The number of likely N-dealkylation sites (tertiary alicyclic amines) is 1. The van der Waals surface area contributed by atoms with E-state index in [0.29, 0.717) is 17.2 Å². The molecule has 0 aliphatic carbocycles. The van der Waals surface area contributed by atoms with Gasteiger partial charge < -0.3 is 10.1 Å². The van der Waals surface area contributed by atoms with Crippen molar-refractivity contribution in [2.24, 2.45) is 0 Å². The van der Waals surface area contributed by atoms with Crippen LogP contribution in [-0.4, -0.2) is 51.3 Å². The summed E-state index contributed by atoms with van der Waals surface area (Å²) < 4.78 is 7.65. The standard InChI is InChI=1S/C24H28ClN5O2S/c1-2-32-21-9-5-18(6-10-21)23-27-28-24(33)30(23)16-22(31)26-20-11-13-29(14-12-20)15-17-3-7-19(25)8-4-17/h3-10,20H,2,11-16H2,1H3,(H,26,31)(H,28,33). The summed E-state index contributed by atoms with van der Waals surface area (Å²) in [6, 6.07) is 15.7. The van der Waals surface area contributed by atoms with Crippen molar-refractivity contribution in [3.05, 3.63) is 63.9 Å². The van der Waals surface area contributed by atoms with Gasteiger partial charge >= 0.3 is 0 Å². The van der Waals surface area contributed by atoms with Gasteiger partial charge in [-0.2, -0.15) is 5.10 Å². The number of hydrogen-bond acceptors (Lipinski definition) is 5. The van der Waals surface area contributed by atoms with Gasteiger partial charge in [0, 0.05) is 36.3 Å². The Bertz CT molecular complexity index is 1120. The minimum Gasteiger partial charge on any atom is -0.494 e. The van der Waals surface area contributed by atoms with Gasteiger partial charge in [0.05, 0.1) is 6.61 Å². The second-order valence-corrected chi connectivity index (χ2v) is 8.96. The third-order valence-electron chi connectivity index (χ3n) is 5.76. The second kappa shape index (κ2) is 11.0. The molecule has 0 radical (unpaired) electrons. The van der Waals surface area contributed by atoms with Crippen molar-refractivity contribution in [3.8, 4) is 17.1 Å². The van der Waals surface area contributed by atoms with E-state index in [-0.39, 0.29) is 18.5 Å². The number of H-pyrrole nitrogens is 1. The molecule has 2 aromatic carbocycles. The lowest BCUT2D eigenvalue weighted by Crippen LogP contribution is -2.45. The largest absolute Gasteiger partial charge is 0.494 e. The van der Waals surface area contributed by atoms with Crippen LogP contribution < -0.4 is 10.1 Å². The summed E-state index contributed by atoms with van der Waals surface area (Å²) in [6.45, 7) is 5.46. The van der Waals surface area contributed by atoms with Crippen LogP contribution in [0, 0.1) is 4.77 Å². The zero-order valence-electron chi connectivity index (χ0n) is 18.6. The lowest BCUT2D eigenvalue weighted by Gasteiger charge is -2.32. The highest BCUT2D eigenvalue weighted by Gasteiger charge is 2.21. The molecule has 1 aromatic heterocycles. The SMILES string of the molecule is CCOc1ccc(-c2n[nH]c(=S)n2CC(=O)NC2CCN(Cc3ccc(Cl)cc3)CC2)cc1. The van der Waals surface area contributed by atoms with Crippen LogP contribution in [0.15, 0.2) is 48.5 Å². The van der Waals surface area contributed by atoms with Gasteiger partial charge in [-0.1, -0.05) is 23.7 Å². The van der Waals surface area contributed by atoms with E-state index >= 15 is 0 Å². The Morgan fingerprint density at radius 2 is 1.88 bits per heavy atom.